The average Bonchev–Trinajstić information content (AvgIpc) is 2.95. The van der Waals surface area contributed by atoms with Gasteiger partial charge >= 0.3 is 5.97 Å². The molecule has 1 unspecified atom stereocenters. The molecule has 3 aromatic rings. The molecule has 106 valence electrons. The first-order chi connectivity index (χ1) is 10.2. The van der Waals surface area contributed by atoms with Crippen molar-refractivity contribution in [3.05, 3.63) is 66.4 Å². The highest BCUT2D eigenvalue weighted by molar-refractivity contribution is 5.84. The summed E-state index contributed by atoms with van der Waals surface area (Å²) < 4.78 is 0. The molecule has 2 aromatic carbocycles. The number of benzene rings is 2. The molecule has 1 atom stereocenters. The predicted octanol–water partition coefficient (Wildman–Crippen LogP) is 3.28. The van der Waals surface area contributed by atoms with Crippen LogP contribution in [-0.2, 0) is 11.2 Å². The van der Waals surface area contributed by atoms with Crippen molar-refractivity contribution in [3.8, 4) is 0 Å². The summed E-state index contributed by atoms with van der Waals surface area (Å²) in [7, 11) is 0. The highest BCUT2D eigenvalue weighted by Crippen LogP contribution is 2.19. The first kappa shape index (κ1) is 13.2. The lowest BCUT2D eigenvalue weighted by molar-refractivity contribution is -0.137. The van der Waals surface area contributed by atoms with E-state index in [4.69, 9.17) is 0 Å². The molecular weight excluding hydrogens is 264 g/mol. The Labute approximate surface area is 122 Å². The molecule has 4 heteroatoms. The van der Waals surface area contributed by atoms with Gasteiger partial charge in [0.2, 0.25) is 0 Å². The van der Waals surface area contributed by atoms with Gasteiger partial charge in [-0.15, -0.1) is 0 Å². The maximum Gasteiger partial charge on any atom is 0.326 e. The van der Waals surface area contributed by atoms with Crippen LogP contribution in [0.15, 0.2) is 60.8 Å². The van der Waals surface area contributed by atoms with E-state index in [-0.39, 0.29) is 0 Å². The van der Waals surface area contributed by atoms with E-state index < -0.39 is 12.0 Å². The van der Waals surface area contributed by atoms with Crippen LogP contribution in [0.4, 0.5) is 5.69 Å². The molecule has 0 bridgehead atoms. The third-order valence-electron chi connectivity index (χ3n) is 3.47. The first-order valence-corrected chi connectivity index (χ1v) is 6.83. The van der Waals surface area contributed by atoms with Crippen LogP contribution in [0.3, 0.4) is 0 Å². The second-order valence-corrected chi connectivity index (χ2v) is 5.00. The second kappa shape index (κ2) is 5.71. The summed E-state index contributed by atoms with van der Waals surface area (Å²) in [5.74, 6) is -0.854. The Morgan fingerprint density at radius 1 is 1.14 bits per heavy atom. The summed E-state index contributed by atoms with van der Waals surface area (Å²) in [6, 6.07) is 16.7. The van der Waals surface area contributed by atoms with Crippen LogP contribution in [-0.4, -0.2) is 22.1 Å². The number of nitrogens with one attached hydrogen (secondary N) is 2. The van der Waals surface area contributed by atoms with Crippen LogP contribution >= 0.6 is 0 Å². The van der Waals surface area contributed by atoms with Crippen molar-refractivity contribution >= 4 is 22.6 Å². The number of H-pyrrole nitrogens is 1. The zero-order chi connectivity index (χ0) is 14.7. The average molecular weight is 280 g/mol. The fourth-order valence-electron chi connectivity index (χ4n) is 2.39. The Kier molecular flexibility index (Phi) is 3.60. The SMILES string of the molecule is O=C(O)C(Cc1ccccc1)Nc1ccc2[nH]ccc2c1. The van der Waals surface area contributed by atoms with Crippen molar-refractivity contribution in [2.75, 3.05) is 5.32 Å². The second-order valence-electron chi connectivity index (χ2n) is 5.00. The van der Waals surface area contributed by atoms with Crippen LogP contribution in [0.25, 0.3) is 10.9 Å². The molecule has 0 aliphatic carbocycles. The Morgan fingerprint density at radius 2 is 1.95 bits per heavy atom. The summed E-state index contributed by atoms with van der Waals surface area (Å²) in [5, 5.41) is 13.6. The summed E-state index contributed by atoms with van der Waals surface area (Å²) in [4.78, 5) is 14.6. The highest BCUT2D eigenvalue weighted by atomic mass is 16.4. The topological polar surface area (TPSA) is 65.1 Å². The number of fused-ring (bicyclic) bond motifs is 1. The largest absolute Gasteiger partial charge is 0.480 e. The lowest BCUT2D eigenvalue weighted by Crippen LogP contribution is -2.31. The Bertz CT molecular complexity index is 750. The molecule has 0 saturated heterocycles. The summed E-state index contributed by atoms with van der Waals surface area (Å²) in [6.07, 6.45) is 2.31. The number of aliphatic carboxylic acids is 1. The highest BCUT2D eigenvalue weighted by Gasteiger charge is 2.17. The monoisotopic (exact) mass is 280 g/mol. The fraction of sp³-hybridized carbons (Fsp3) is 0.118. The van der Waals surface area contributed by atoms with Crippen molar-refractivity contribution in [3.63, 3.8) is 0 Å². The zero-order valence-electron chi connectivity index (χ0n) is 11.4. The van der Waals surface area contributed by atoms with Gasteiger partial charge in [-0.05, 0) is 29.8 Å². The summed E-state index contributed by atoms with van der Waals surface area (Å²) in [6.45, 7) is 0. The van der Waals surface area contributed by atoms with Crippen LogP contribution in [0.5, 0.6) is 0 Å². The van der Waals surface area contributed by atoms with Gasteiger partial charge in [0, 0.05) is 29.2 Å². The van der Waals surface area contributed by atoms with Crippen molar-refractivity contribution in [1.82, 2.24) is 4.98 Å². The molecular formula is C17H16N2O2. The van der Waals surface area contributed by atoms with Crippen molar-refractivity contribution in [2.45, 2.75) is 12.5 Å². The standard InChI is InChI=1S/C17H16N2O2/c20-17(21)16(10-12-4-2-1-3-5-12)19-14-6-7-15-13(11-14)8-9-18-15/h1-9,11,16,18-19H,10H2,(H,20,21). The van der Waals surface area contributed by atoms with E-state index in [1.165, 1.54) is 0 Å². The molecule has 0 saturated carbocycles. The molecule has 21 heavy (non-hydrogen) atoms. The number of aromatic nitrogens is 1. The molecule has 0 spiro atoms. The number of aromatic amines is 1. The lowest BCUT2D eigenvalue weighted by atomic mass is 10.1. The van der Waals surface area contributed by atoms with Crippen LogP contribution < -0.4 is 5.32 Å². The van der Waals surface area contributed by atoms with Crippen molar-refractivity contribution < 1.29 is 9.90 Å². The summed E-state index contributed by atoms with van der Waals surface area (Å²) >= 11 is 0. The van der Waals surface area contributed by atoms with Gasteiger partial charge in [0.15, 0.2) is 0 Å². The summed E-state index contributed by atoms with van der Waals surface area (Å²) in [5.41, 5.74) is 2.85. The van der Waals surface area contributed by atoms with Gasteiger partial charge in [-0.1, -0.05) is 30.3 Å². The van der Waals surface area contributed by atoms with Gasteiger partial charge in [-0.25, -0.2) is 4.79 Å². The van der Waals surface area contributed by atoms with Crippen LogP contribution in [0, 0.1) is 0 Å². The van der Waals surface area contributed by atoms with Crippen molar-refractivity contribution in [1.29, 1.82) is 0 Å². The van der Waals surface area contributed by atoms with Gasteiger partial charge in [0.1, 0.15) is 6.04 Å². The first-order valence-electron chi connectivity index (χ1n) is 6.83. The maximum absolute atomic E-state index is 11.5. The van der Waals surface area contributed by atoms with E-state index in [1.807, 2.05) is 60.8 Å². The van der Waals surface area contributed by atoms with E-state index in [0.29, 0.717) is 6.42 Å². The Hall–Kier alpha value is -2.75. The normalized spacial score (nSPS) is 12.2. The molecule has 0 radical (unpaired) electrons. The number of rotatable bonds is 5. The molecule has 0 aliphatic rings. The number of carboxylic acids is 1. The third kappa shape index (κ3) is 3.05. The minimum atomic E-state index is -0.854. The molecule has 3 N–H and O–H groups in total. The van der Waals surface area contributed by atoms with E-state index in [2.05, 4.69) is 10.3 Å². The Balaban J connectivity index is 1.79. The quantitative estimate of drug-likeness (QED) is 0.672. The molecule has 0 aliphatic heterocycles. The number of hydrogen-bond acceptors (Lipinski definition) is 2. The molecule has 0 fully saturated rings. The smallest absolute Gasteiger partial charge is 0.326 e. The van der Waals surface area contributed by atoms with E-state index in [0.717, 1.165) is 22.2 Å². The third-order valence-corrected chi connectivity index (χ3v) is 3.47. The predicted molar refractivity (Wildman–Crippen MR) is 83.5 cm³/mol. The number of carboxylic acid groups (broad SMARTS) is 1. The van der Waals surface area contributed by atoms with Crippen LogP contribution in [0.1, 0.15) is 5.56 Å². The van der Waals surface area contributed by atoms with E-state index in [9.17, 15) is 9.90 Å². The minimum Gasteiger partial charge on any atom is -0.480 e. The fourth-order valence-corrected chi connectivity index (χ4v) is 2.39. The molecule has 0 amide bonds. The maximum atomic E-state index is 11.5. The minimum absolute atomic E-state index is 0.446. The van der Waals surface area contributed by atoms with Gasteiger partial charge in [0.05, 0.1) is 0 Å². The molecule has 1 heterocycles. The number of hydrogen-bond donors (Lipinski definition) is 3. The van der Waals surface area contributed by atoms with Gasteiger partial charge in [-0.3, -0.25) is 0 Å². The van der Waals surface area contributed by atoms with Gasteiger partial charge < -0.3 is 15.4 Å². The lowest BCUT2D eigenvalue weighted by Gasteiger charge is -2.16. The van der Waals surface area contributed by atoms with Crippen LogP contribution in [0.2, 0.25) is 0 Å². The van der Waals surface area contributed by atoms with E-state index >= 15 is 0 Å². The zero-order valence-corrected chi connectivity index (χ0v) is 11.4. The molecule has 4 nitrogen and oxygen atoms in total. The number of anilines is 1. The van der Waals surface area contributed by atoms with E-state index in [1.54, 1.807) is 0 Å². The Morgan fingerprint density at radius 3 is 2.71 bits per heavy atom. The molecule has 1 aromatic heterocycles. The molecule has 3 rings (SSSR count). The van der Waals surface area contributed by atoms with Crippen molar-refractivity contribution in [2.24, 2.45) is 0 Å². The van der Waals surface area contributed by atoms with Gasteiger partial charge in [-0.2, -0.15) is 0 Å². The van der Waals surface area contributed by atoms with Gasteiger partial charge in [0.25, 0.3) is 0 Å². The number of carbonyl (C=O) groups is 1.